The van der Waals surface area contributed by atoms with Crippen molar-refractivity contribution in [3.05, 3.63) is 78.0 Å². The molecule has 5 nitrogen and oxygen atoms in total. The average Bonchev–Trinajstić information content (AvgIpc) is 3.15. The van der Waals surface area contributed by atoms with Gasteiger partial charge in [0.05, 0.1) is 17.0 Å². The fourth-order valence-corrected chi connectivity index (χ4v) is 3.69. The molecule has 2 aromatic heterocycles. The maximum absolute atomic E-state index is 12.9. The zero-order valence-electron chi connectivity index (χ0n) is 13.4. The van der Waals surface area contributed by atoms with Gasteiger partial charge in [-0.3, -0.25) is 9.78 Å². The third-order valence-electron chi connectivity index (χ3n) is 4.03. The van der Waals surface area contributed by atoms with Gasteiger partial charge >= 0.3 is 0 Å². The fraction of sp³-hybridized carbons (Fsp3) is 0.105. The highest BCUT2D eigenvalue weighted by molar-refractivity contribution is 7.13. The molecule has 1 unspecified atom stereocenters. The van der Waals surface area contributed by atoms with Crippen LogP contribution in [0.5, 0.6) is 0 Å². The molecule has 25 heavy (non-hydrogen) atoms. The van der Waals surface area contributed by atoms with E-state index in [-0.39, 0.29) is 12.1 Å². The zero-order valence-corrected chi connectivity index (χ0v) is 14.2. The Kier molecular flexibility index (Phi) is 4.03. The Morgan fingerprint density at radius 1 is 1.24 bits per heavy atom. The number of pyridine rings is 1. The van der Waals surface area contributed by atoms with Crippen LogP contribution in [0.4, 0.5) is 5.69 Å². The first-order chi connectivity index (χ1) is 12.3. The van der Waals surface area contributed by atoms with E-state index in [4.69, 9.17) is 4.98 Å². The highest BCUT2D eigenvalue weighted by atomic mass is 32.1. The predicted molar refractivity (Wildman–Crippen MR) is 99.4 cm³/mol. The van der Waals surface area contributed by atoms with Crippen LogP contribution in [0.15, 0.2) is 66.7 Å². The lowest BCUT2D eigenvalue weighted by molar-refractivity contribution is 0.0705. The summed E-state index contributed by atoms with van der Waals surface area (Å²) in [6.07, 6.45) is 3.15. The average molecular weight is 348 g/mol. The van der Waals surface area contributed by atoms with E-state index in [2.05, 4.69) is 16.9 Å². The van der Waals surface area contributed by atoms with Gasteiger partial charge in [0.25, 0.3) is 5.91 Å². The number of anilines is 1. The number of amides is 1. The van der Waals surface area contributed by atoms with Crippen LogP contribution in [0.2, 0.25) is 0 Å². The van der Waals surface area contributed by atoms with E-state index in [1.807, 2.05) is 47.8 Å². The van der Waals surface area contributed by atoms with E-state index < -0.39 is 0 Å². The third-order valence-corrected chi connectivity index (χ3v) is 4.92. The number of nitrogens with zero attached hydrogens (tertiary/aromatic N) is 3. The van der Waals surface area contributed by atoms with Gasteiger partial charge in [-0.15, -0.1) is 17.9 Å². The largest absolute Gasteiger partial charge is 0.359 e. The van der Waals surface area contributed by atoms with Crippen molar-refractivity contribution in [2.45, 2.75) is 6.17 Å². The van der Waals surface area contributed by atoms with Gasteiger partial charge in [0.2, 0.25) is 0 Å². The number of para-hydroxylation sites is 1. The number of aromatic nitrogens is 2. The normalized spacial score (nSPS) is 16.2. The number of nitrogens with one attached hydrogen (secondary N) is 1. The lowest BCUT2D eigenvalue weighted by Gasteiger charge is -2.36. The molecule has 0 radical (unpaired) electrons. The summed E-state index contributed by atoms with van der Waals surface area (Å²) >= 11 is 1.52. The predicted octanol–water partition coefficient (Wildman–Crippen LogP) is 3.96. The Morgan fingerprint density at radius 3 is 2.88 bits per heavy atom. The fourth-order valence-electron chi connectivity index (χ4n) is 2.87. The molecule has 1 N–H and O–H groups in total. The molecule has 1 aliphatic heterocycles. The van der Waals surface area contributed by atoms with Gasteiger partial charge in [-0.25, -0.2) is 4.98 Å². The van der Waals surface area contributed by atoms with Crippen molar-refractivity contribution in [1.29, 1.82) is 0 Å². The number of rotatable bonds is 4. The highest BCUT2D eigenvalue weighted by Crippen LogP contribution is 2.34. The zero-order chi connectivity index (χ0) is 17.2. The molecule has 4 rings (SSSR count). The standard InChI is InChI=1S/C19H16N4OS/c1-2-11-23-17(21-14-8-4-3-7-13(14)19(23)24)16-12-25-18(22-16)15-9-5-6-10-20-15/h2-10,12,17,21H,1,11H2. The van der Waals surface area contributed by atoms with E-state index in [1.54, 1.807) is 17.2 Å². The van der Waals surface area contributed by atoms with Crippen molar-refractivity contribution in [2.24, 2.45) is 0 Å². The van der Waals surface area contributed by atoms with E-state index in [0.29, 0.717) is 12.1 Å². The molecular weight excluding hydrogens is 332 g/mol. The summed E-state index contributed by atoms with van der Waals surface area (Å²) in [5.41, 5.74) is 3.12. The summed E-state index contributed by atoms with van der Waals surface area (Å²) in [7, 11) is 0. The van der Waals surface area contributed by atoms with E-state index >= 15 is 0 Å². The van der Waals surface area contributed by atoms with Gasteiger partial charge < -0.3 is 10.2 Å². The van der Waals surface area contributed by atoms with Gasteiger partial charge in [-0.2, -0.15) is 0 Å². The molecule has 0 bridgehead atoms. The van der Waals surface area contributed by atoms with Crippen LogP contribution >= 0.6 is 11.3 Å². The van der Waals surface area contributed by atoms with Crippen molar-refractivity contribution >= 4 is 22.9 Å². The number of benzene rings is 1. The van der Waals surface area contributed by atoms with Crippen LogP contribution in [-0.2, 0) is 0 Å². The van der Waals surface area contributed by atoms with Crippen molar-refractivity contribution in [3.63, 3.8) is 0 Å². The van der Waals surface area contributed by atoms with Crippen LogP contribution in [0.1, 0.15) is 22.2 Å². The smallest absolute Gasteiger partial charge is 0.258 e. The molecule has 6 heteroatoms. The van der Waals surface area contributed by atoms with Crippen LogP contribution in [0.3, 0.4) is 0 Å². The Bertz CT molecular complexity index is 922. The Balaban J connectivity index is 1.72. The Hall–Kier alpha value is -2.99. The van der Waals surface area contributed by atoms with Crippen LogP contribution in [0, 0.1) is 0 Å². The second kappa shape index (κ2) is 6.49. The monoisotopic (exact) mass is 348 g/mol. The lowest BCUT2D eigenvalue weighted by Crippen LogP contribution is -2.43. The summed E-state index contributed by atoms with van der Waals surface area (Å²) in [5, 5.41) is 6.23. The first kappa shape index (κ1) is 15.5. The first-order valence-corrected chi connectivity index (χ1v) is 8.80. The molecule has 0 saturated heterocycles. The highest BCUT2D eigenvalue weighted by Gasteiger charge is 2.33. The number of thiazole rings is 1. The van der Waals surface area contributed by atoms with Gasteiger partial charge in [0.1, 0.15) is 11.2 Å². The van der Waals surface area contributed by atoms with Crippen molar-refractivity contribution in [1.82, 2.24) is 14.9 Å². The number of carbonyl (C=O) groups is 1. The molecule has 0 saturated carbocycles. The number of hydrogen-bond acceptors (Lipinski definition) is 5. The summed E-state index contributed by atoms with van der Waals surface area (Å²) in [4.78, 5) is 23.7. The molecule has 3 heterocycles. The second-order valence-electron chi connectivity index (χ2n) is 5.63. The molecule has 1 amide bonds. The molecule has 1 atom stereocenters. The molecule has 1 aromatic carbocycles. The summed E-state index contributed by atoms with van der Waals surface area (Å²) in [5.74, 6) is -0.0216. The van der Waals surface area contributed by atoms with Crippen LogP contribution < -0.4 is 5.32 Å². The third kappa shape index (κ3) is 2.81. The van der Waals surface area contributed by atoms with Crippen LogP contribution in [-0.4, -0.2) is 27.3 Å². The molecule has 1 aliphatic rings. The van der Waals surface area contributed by atoms with E-state index in [9.17, 15) is 4.79 Å². The van der Waals surface area contributed by atoms with E-state index in [1.165, 1.54) is 11.3 Å². The summed E-state index contributed by atoms with van der Waals surface area (Å²) in [6.45, 7) is 4.22. The van der Waals surface area contributed by atoms with Crippen molar-refractivity contribution in [3.8, 4) is 10.7 Å². The molecule has 3 aromatic rings. The van der Waals surface area contributed by atoms with Crippen molar-refractivity contribution < 1.29 is 4.79 Å². The molecule has 0 spiro atoms. The number of carbonyl (C=O) groups excluding carboxylic acids is 1. The lowest BCUT2D eigenvalue weighted by atomic mass is 10.1. The molecule has 0 fully saturated rings. The quantitative estimate of drug-likeness (QED) is 0.725. The maximum atomic E-state index is 12.9. The topological polar surface area (TPSA) is 58.1 Å². The van der Waals surface area contributed by atoms with Gasteiger partial charge in [-0.05, 0) is 24.3 Å². The van der Waals surface area contributed by atoms with Gasteiger partial charge in [0, 0.05) is 23.8 Å². The molecular formula is C19H16N4OS. The van der Waals surface area contributed by atoms with E-state index in [0.717, 1.165) is 22.1 Å². The van der Waals surface area contributed by atoms with Gasteiger partial charge in [0.15, 0.2) is 0 Å². The number of hydrogen-bond donors (Lipinski definition) is 1. The minimum absolute atomic E-state index is 0.0216. The summed E-state index contributed by atoms with van der Waals surface area (Å²) in [6, 6.07) is 13.3. The summed E-state index contributed by atoms with van der Waals surface area (Å²) < 4.78 is 0. The van der Waals surface area contributed by atoms with Crippen LogP contribution in [0.25, 0.3) is 10.7 Å². The van der Waals surface area contributed by atoms with Gasteiger partial charge in [-0.1, -0.05) is 24.3 Å². The SMILES string of the molecule is C=CCN1C(=O)c2ccccc2NC1c1csc(-c2ccccn2)n1. The minimum atomic E-state index is -0.325. The Morgan fingerprint density at radius 2 is 2.08 bits per heavy atom. The maximum Gasteiger partial charge on any atom is 0.258 e. The second-order valence-corrected chi connectivity index (χ2v) is 6.49. The van der Waals surface area contributed by atoms with Crippen molar-refractivity contribution in [2.75, 3.05) is 11.9 Å². The Labute approximate surface area is 149 Å². The molecule has 124 valence electrons. The first-order valence-electron chi connectivity index (χ1n) is 7.92. The molecule has 0 aliphatic carbocycles. The number of fused-ring (bicyclic) bond motifs is 1. The minimum Gasteiger partial charge on any atom is -0.359 e.